The van der Waals surface area contributed by atoms with Crippen LogP contribution in [0.1, 0.15) is 71.6 Å². The van der Waals surface area contributed by atoms with Gasteiger partial charge in [-0.3, -0.25) is 0 Å². The highest BCUT2D eigenvalue weighted by Crippen LogP contribution is 2.42. The minimum Gasteiger partial charge on any atom is -0.456 e. The third-order valence-corrected chi connectivity index (χ3v) is 11.9. The van der Waals surface area contributed by atoms with Crippen molar-refractivity contribution >= 4 is 73.4 Å². The first kappa shape index (κ1) is 35.9. The largest absolute Gasteiger partial charge is 0.456 e. The lowest BCUT2D eigenvalue weighted by molar-refractivity contribution is 0.516. The first-order chi connectivity index (χ1) is 26.9. The van der Waals surface area contributed by atoms with Crippen molar-refractivity contribution < 1.29 is 4.42 Å². The molecule has 6 aromatic rings. The first-order valence-electron chi connectivity index (χ1n) is 20.2. The Morgan fingerprint density at radius 1 is 0.750 bits per heavy atom. The lowest BCUT2D eigenvalue weighted by atomic mass is 9.33. The highest BCUT2D eigenvalue weighted by Gasteiger charge is 2.43. The van der Waals surface area contributed by atoms with Crippen LogP contribution < -0.4 is 26.2 Å². The summed E-state index contributed by atoms with van der Waals surface area (Å²) in [5.41, 5.74) is 18.8. The van der Waals surface area contributed by atoms with E-state index in [0.717, 1.165) is 34.9 Å². The summed E-state index contributed by atoms with van der Waals surface area (Å²) in [6, 6.07) is 36.1. The van der Waals surface area contributed by atoms with Gasteiger partial charge in [-0.15, -0.1) is 0 Å². The van der Waals surface area contributed by atoms with Crippen LogP contribution in [-0.4, -0.2) is 13.3 Å². The predicted molar refractivity (Wildman–Crippen MR) is 242 cm³/mol. The fourth-order valence-corrected chi connectivity index (χ4v) is 9.09. The molecule has 0 radical (unpaired) electrons. The van der Waals surface area contributed by atoms with Gasteiger partial charge in [0.1, 0.15) is 11.2 Å². The van der Waals surface area contributed by atoms with E-state index in [0.29, 0.717) is 0 Å². The maximum Gasteiger partial charge on any atom is 0.252 e. The van der Waals surface area contributed by atoms with Crippen LogP contribution in [0.25, 0.3) is 27.5 Å². The van der Waals surface area contributed by atoms with Crippen molar-refractivity contribution in [1.82, 2.24) is 0 Å². The average molecular weight is 731 g/mol. The minimum atomic E-state index is 0.0284. The van der Waals surface area contributed by atoms with Crippen LogP contribution in [0.2, 0.25) is 0 Å². The molecule has 0 saturated heterocycles. The molecule has 2 aliphatic heterocycles. The number of benzene rings is 5. The van der Waals surface area contributed by atoms with Gasteiger partial charge < -0.3 is 14.2 Å². The molecule has 278 valence electrons. The predicted octanol–water partition coefficient (Wildman–Crippen LogP) is 12.1. The number of hydrogen-bond acceptors (Lipinski definition) is 3. The van der Waals surface area contributed by atoms with Gasteiger partial charge in [-0.2, -0.15) is 0 Å². The molecule has 1 aromatic heterocycles. The Balaban J connectivity index is 1.20. The van der Waals surface area contributed by atoms with Crippen LogP contribution in [-0.2, 0) is 5.41 Å². The van der Waals surface area contributed by atoms with Gasteiger partial charge in [0.15, 0.2) is 0 Å². The van der Waals surface area contributed by atoms with Gasteiger partial charge >= 0.3 is 0 Å². The number of hydrogen-bond donors (Lipinski definition) is 0. The van der Waals surface area contributed by atoms with Crippen molar-refractivity contribution in [3.63, 3.8) is 0 Å². The third-order valence-electron chi connectivity index (χ3n) is 11.9. The molecule has 3 nitrogen and oxygen atoms in total. The second kappa shape index (κ2) is 13.5. The first-order valence-corrected chi connectivity index (χ1v) is 20.2. The zero-order chi connectivity index (χ0) is 38.9. The number of anilines is 4. The molecular formula is C52H51BN2O. The van der Waals surface area contributed by atoms with Gasteiger partial charge in [0.2, 0.25) is 0 Å². The molecule has 4 heteroatoms. The molecule has 3 heterocycles. The van der Waals surface area contributed by atoms with Crippen LogP contribution in [0.4, 0.5) is 22.7 Å². The van der Waals surface area contributed by atoms with Crippen molar-refractivity contribution in [2.24, 2.45) is 5.41 Å². The van der Waals surface area contributed by atoms with Crippen LogP contribution in [0.15, 0.2) is 155 Å². The van der Waals surface area contributed by atoms with Crippen molar-refractivity contribution in [3.8, 4) is 0 Å². The number of allylic oxidation sites excluding steroid dienone is 8. The molecule has 0 bridgehead atoms. The SMILES string of the molecule is C/C=C(\C=C/CN1c2ccc(C(C)(C)C)cc2B2c3ccccc3N(C3=CC=C(c4ccc5oc6ccccc6c5c4)C=CC3)c3cc(C)cc1c32)C(C)(C)C. The summed E-state index contributed by atoms with van der Waals surface area (Å²) in [7, 11) is 0. The van der Waals surface area contributed by atoms with E-state index in [1.807, 2.05) is 12.1 Å². The van der Waals surface area contributed by atoms with Crippen LogP contribution in [0.3, 0.4) is 0 Å². The summed E-state index contributed by atoms with van der Waals surface area (Å²) in [5, 5.41) is 2.30. The third kappa shape index (κ3) is 6.07. The van der Waals surface area contributed by atoms with Gasteiger partial charge in [-0.25, -0.2) is 0 Å². The molecule has 9 rings (SSSR count). The summed E-state index contributed by atoms with van der Waals surface area (Å²) in [4.78, 5) is 5.12. The monoisotopic (exact) mass is 730 g/mol. The van der Waals surface area contributed by atoms with Crippen LogP contribution >= 0.6 is 0 Å². The van der Waals surface area contributed by atoms with E-state index in [1.54, 1.807) is 0 Å². The number of fused-ring (bicyclic) bond motifs is 7. The summed E-state index contributed by atoms with van der Waals surface area (Å²) < 4.78 is 6.16. The Hall–Kier alpha value is -5.74. The maximum atomic E-state index is 6.16. The second-order valence-electron chi connectivity index (χ2n) is 17.8. The van der Waals surface area contributed by atoms with E-state index in [9.17, 15) is 0 Å². The van der Waals surface area contributed by atoms with Gasteiger partial charge in [0, 0.05) is 52.2 Å². The number of rotatable bonds is 5. The lowest BCUT2D eigenvalue weighted by Crippen LogP contribution is -2.62. The van der Waals surface area contributed by atoms with Crippen molar-refractivity contribution in [2.45, 2.75) is 67.2 Å². The fourth-order valence-electron chi connectivity index (χ4n) is 9.09. The van der Waals surface area contributed by atoms with E-state index in [4.69, 9.17) is 4.42 Å². The van der Waals surface area contributed by atoms with Crippen molar-refractivity contribution in [1.29, 1.82) is 0 Å². The van der Waals surface area contributed by atoms with E-state index in [1.165, 1.54) is 72.7 Å². The van der Waals surface area contributed by atoms with E-state index in [2.05, 4.69) is 193 Å². The second-order valence-corrected chi connectivity index (χ2v) is 17.8. The number of nitrogens with zero attached hydrogens (tertiary/aromatic N) is 2. The number of aryl methyl sites for hydroxylation is 1. The number of furan rings is 1. The van der Waals surface area contributed by atoms with E-state index >= 15 is 0 Å². The molecule has 0 amide bonds. The van der Waals surface area contributed by atoms with Gasteiger partial charge in [-0.05, 0) is 117 Å². The molecular weight excluding hydrogens is 679 g/mol. The molecule has 1 aliphatic carbocycles. The summed E-state index contributed by atoms with van der Waals surface area (Å²) in [6.07, 6.45) is 17.0. The summed E-state index contributed by atoms with van der Waals surface area (Å²) >= 11 is 0. The molecule has 0 fully saturated rings. The summed E-state index contributed by atoms with van der Waals surface area (Å²) in [6.45, 7) is 19.2. The maximum absolute atomic E-state index is 6.16. The number of para-hydroxylation sites is 2. The molecule has 0 N–H and O–H groups in total. The van der Waals surface area contributed by atoms with E-state index in [-0.39, 0.29) is 17.5 Å². The van der Waals surface area contributed by atoms with Crippen LogP contribution in [0.5, 0.6) is 0 Å². The topological polar surface area (TPSA) is 19.6 Å². The normalized spacial score (nSPS) is 15.6. The molecule has 56 heavy (non-hydrogen) atoms. The van der Waals surface area contributed by atoms with Gasteiger partial charge in [0.25, 0.3) is 6.71 Å². The molecule has 0 saturated carbocycles. The average Bonchev–Trinajstić information content (AvgIpc) is 3.36. The molecule has 3 aliphatic rings. The van der Waals surface area contributed by atoms with Gasteiger partial charge in [0.05, 0.1) is 0 Å². The Bertz CT molecular complexity index is 2700. The Labute approximate surface area is 333 Å². The standard InChI is InChI=1S/C52H51BN2O/c1-9-37(51(3,4)5)17-15-29-54-44-27-25-38(52(6,7)8)33-43(44)53-42-20-11-12-21-45(42)55(47-31-34(2)30-46(54)50(47)53)39-18-14-16-35(23-26-39)36-24-28-49-41(32-36)40-19-10-13-22-48(40)56-49/h9-17,19-28,30-33H,18,29H2,1-8H3/b17-15-,37-9+. The molecule has 0 atom stereocenters. The van der Waals surface area contributed by atoms with Crippen molar-refractivity contribution in [3.05, 3.63) is 168 Å². The highest BCUT2D eigenvalue weighted by atomic mass is 16.3. The van der Waals surface area contributed by atoms with Gasteiger partial charge in [-0.1, -0.05) is 133 Å². The Morgan fingerprint density at radius 2 is 1.52 bits per heavy atom. The van der Waals surface area contributed by atoms with Crippen molar-refractivity contribution in [2.75, 3.05) is 16.3 Å². The molecule has 0 unspecified atom stereocenters. The highest BCUT2D eigenvalue weighted by molar-refractivity contribution is 7.00. The van der Waals surface area contributed by atoms with E-state index < -0.39 is 0 Å². The Kier molecular flexibility index (Phi) is 8.65. The Morgan fingerprint density at radius 3 is 2.32 bits per heavy atom. The quantitative estimate of drug-likeness (QED) is 0.130. The zero-order valence-corrected chi connectivity index (χ0v) is 34.1. The molecule has 5 aromatic carbocycles. The smallest absolute Gasteiger partial charge is 0.252 e. The van der Waals surface area contributed by atoms with Crippen LogP contribution in [0, 0.1) is 12.3 Å². The fraction of sp³-hybridized carbons (Fsp3) is 0.231. The zero-order valence-electron chi connectivity index (χ0n) is 34.1. The summed E-state index contributed by atoms with van der Waals surface area (Å²) in [5.74, 6) is 0. The lowest BCUT2D eigenvalue weighted by Gasteiger charge is -2.45. The molecule has 0 spiro atoms. The minimum absolute atomic E-state index is 0.0284.